The number of rotatable bonds is 5. The minimum Gasteiger partial charge on any atom is -0.482 e. The van der Waals surface area contributed by atoms with Crippen LogP contribution in [0.4, 0.5) is 0 Å². The highest BCUT2D eigenvalue weighted by atomic mass is 16.6. The fraction of sp³-hybridized carbons (Fsp3) is 0.111. The van der Waals surface area contributed by atoms with E-state index >= 15 is 0 Å². The summed E-state index contributed by atoms with van der Waals surface area (Å²) in [4.78, 5) is 11.0. The predicted molar refractivity (Wildman–Crippen MR) is 83.9 cm³/mol. The number of benzene rings is 2. The number of ether oxygens (including phenoxy) is 2. The van der Waals surface area contributed by atoms with Gasteiger partial charge in [-0.2, -0.15) is 5.26 Å². The molecule has 0 aliphatic heterocycles. The number of nitrogens with zero attached hydrogens (tertiary/aromatic N) is 1. The molecule has 4 heteroatoms. The lowest BCUT2D eigenvalue weighted by Crippen LogP contribution is -2.12. The van der Waals surface area contributed by atoms with Crippen LogP contribution in [0.15, 0.2) is 54.6 Å². The molecule has 0 amide bonds. The summed E-state index contributed by atoms with van der Waals surface area (Å²) < 4.78 is 9.77. The van der Waals surface area contributed by atoms with Gasteiger partial charge in [0.15, 0.2) is 6.61 Å². The third kappa shape index (κ3) is 4.22. The van der Waals surface area contributed by atoms with Crippen LogP contribution in [0, 0.1) is 11.3 Å². The molecule has 0 fully saturated rings. The average Bonchev–Trinajstić information content (AvgIpc) is 2.59. The monoisotopic (exact) mass is 293 g/mol. The topological polar surface area (TPSA) is 59.3 Å². The number of carbonyl (C=O) groups is 1. The van der Waals surface area contributed by atoms with Gasteiger partial charge in [-0.15, -0.1) is 0 Å². The minimum absolute atomic E-state index is 0.126. The largest absolute Gasteiger partial charge is 0.482 e. The second kappa shape index (κ2) is 7.65. The molecule has 0 aliphatic carbocycles. The fourth-order valence-electron chi connectivity index (χ4n) is 1.83. The first-order valence-corrected chi connectivity index (χ1v) is 6.70. The summed E-state index contributed by atoms with van der Waals surface area (Å²) in [6.07, 6.45) is 1.80. The van der Waals surface area contributed by atoms with Gasteiger partial charge in [0.25, 0.3) is 0 Å². The van der Waals surface area contributed by atoms with Crippen LogP contribution < -0.4 is 4.74 Å². The van der Waals surface area contributed by atoms with E-state index < -0.39 is 5.97 Å². The lowest BCUT2D eigenvalue weighted by Gasteiger charge is -2.05. The Hall–Kier alpha value is -3.06. The van der Waals surface area contributed by atoms with Crippen molar-refractivity contribution in [2.45, 2.75) is 0 Å². The second-order valence-corrected chi connectivity index (χ2v) is 4.47. The summed E-state index contributed by atoms with van der Waals surface area (Å²) in [5, 5.41) is 9.27. The zero-order chi connectivity index (χ0) is 15.8. The van der Waals surface area contributed by atoms with Crippen molar-refractivity contribution in [2.75, 3.05) is 13.7 Å². The van der Waals surface area contributed by atoms with E-state index in [0.29, 0.717) is 11.3 Å². The minimum atomic E-state index is -0.431. The normalized spacial score (nSPS) is 10.6. The van der Waals surface area contributed by atoms with Crippen LogP contribution in [0.25, 0.3) is 11.6 Å². The Labute approximate surface area is 129 Å². The SMILES string of the molecule is COC(=O)COc1ccc(/C=C(/C#N)c2ccccc2)cc1. The molecule has 0 atom stereocenters. The number of hydrogen-bond donors (Lipinski definition) is 0. The van der Waals surface area contributed by atoms with Gasteiger partial charge >= 0.3 is 5.97 Å². The Balaban J connectivity index is 2.11. The molecule has 0 saturated carbocycles. The van der Waals surface area contributed by atoms with Gasteiger partial charge in [0.05, 0.1) is 18.8 Å². The summed E-state index contributed by atoms with van der Waals surface area (Å²) in [5.74, 6) is 0.139. The van der Waals surface area contributed by atoms with Crippen molar-refractivity contribution in [3.63, 3.8) is 0 Å². The summed E-state index contributed by atoms with van der Waals surface area (Å²) >= 11 is 0. The molecule has 0 radical (unpaired) electrons. The first-order chi connectivity index (χ1) is 10.7. The van der Waals surface area contributed by atoms with Gasteiger partial charge in [0.1, 0.15) is 5.75 Å². The summed E-state index contributed by atoms with van der Waals surface area (Å²) in [6.45, 7) is -0.126. The van der Waals surface area contributed by atoms with Gasteiger partial charge in [-0.3, -0.25) is 0 Å². The number of nitriles is 1. The van der Waals surface area contributed by atoms with Crippen molar-refractivity contribution in [2.24, 2.45) is 0 Å². The van der Waals surface area contributed by atoms with Crippen LogP contribution in [0.5, 0.6) is 5.75 Å². The Morgan fingerprint density at radius 3 is 2.41 bits per heavy atom. The molecule has 4 nitrogen and oxygen atoms in total. The van der Waals surface area contributed by atoms with E-state index in [4.69, 9.17) is 4.74 Å². The first kappa shape index (κ1) is 15.3. The molecular weight excluding hydrogens is 278 g/mol. The van der Waals surface area contributed by atoms with Gasteiger partial charge in [-0.1, -0.05) is 42.5 Å². The van der Waals surface area contributed by atoms with Crippen molar-refractivity contribution in [3.05, 3.63) is 65.7 Å². The Morgan fingerprint density at radius 2 is 1.82 bits per heavy atom. The second-order valence-electron chi connectivity index (χ2n) is 4.47. The number of allylic oxidation sites excluding steroid dienone is 1. The third-order valence-corrected chi connectivity index (χ3v) is 2.98. The molecule has 0 aromatic heterocycles. The lowest BCUT2D eigenvalue weighted by atomic mass is 10.0. The molecule has 0 aliphatic rings. The van der Waals surface area contributed by atoms with Gasteiger partial charge in [0, 0.05) is 0 Å². The Morgan fingerprint density at radius 1 is 1.14 bits per heavy atom. The summed E-state index contributed by atoms with van der Waals surface area (Å²) in [6, 6.07) is 18.8. The van der Waals surface area contributed by atoms with Gasteiger partial charge in [-0.05, 0) is 29.3 Å². The highest BCUT2D eigenvalue weighted by Crippen LogP contribution is 2.19. The molecule has 110 valence electrons. The van der Waals surface area contributed by atoms with Crippen LogP contribution >= 0.6 is 0 Å². The molecule has 2 aromatic rings. The molecule has 0 N–H and O–H groups in total. The van der Waals surface area contributed by atoms with Gasteiger partial charge < -0.3 is 9.47 Å². The van der Waals surface area contributed by atoms with E-state index in [1.807, 2.05) is 42.5 Å². The van der Waals surface area contributed by atoms with E-state index in [-0.39, 0.29) is 6.61 Å². The highest BCUT2D eigenvalue weighted by Gasteiger charge is 2.03. The van der Waals surface area contributed by atoms with Crippen molar-refractivity contribution in [1.29, 1.82) is 5.26 Å². The van der Waals surface area contributed by atoms with E-state index in [1.165, 1.54) is 7.11 Å². The van der Waals surface area contributed by atoms with Crippen LogP contribution in [-0.2, 0) is 9.53 Å². The van der Waals surface area contributed by atoms with Crippen molar-refractivity contribution >= 4 is 17.6 Å². The molecule has 2 rings (SSSR count). The zero-order valence-electron chi connectivity index (χ0n) is 12.2. The van der Waals surface area contributed by atoms with Crippen molar-refractivity contribution < 1.29 is 14.3 Å². The number of carbonyl (C=O) groups excluding carboxylic acids is 1. The Bertz CT molecular complexity index is 697. The van der Waals surface area contributed by atoms with E-state index in [0.717, 1.165) is 11.1 Å². The summed E-state index contributed by atoms with van der Waals surface area (Å²) in [7, 11) is 1.31. The van der Waals surface area contributed by atoms with Crippen LogP contribution in [-0.4, -0.2) is 19.7 Å². The maximum Gasteiger partial charge on any atom is 0.343 e. The highest BCUT2D eigenvalue weighted by molar-refractivity contribution is 5.89. The Kier molecular flexibility index (Phi) is 5.33. The van der Waals surface area contributed by atoms with E-state index in [1.54, 1.807) is 18.2 Å². The maximum absolute atomic E-state index is 11.0. The zero-order valence-corrected chi connectivity index (χ0v) is 12.2. The molecule has 0 unspecified atom stereocenters. The first-order valence-electron chi connectivity index (χ1n) is 6.70. The quantitative estimate of drug-likeness (QED) is 0.482. The van der Waals surface area contributed by atoms with Crippen LogP contribution in [0.1, 0.15) is 11.1 Å². The number of hydrogen-bond acceptors (Lipinski definition) is 4. The molecular formula is C18H15NO3. The third-order valence-electron chi connectivity index (χ3n) is 2.98. The molecule has 0 bridgehead atoms. The van der Waals surface area contributed by atoms with Crippen LogP contribution in [0.2, 0.25) is 0 Å². The fourth-order valence-corrected chi connectivity index (χ4v) is 1.83. The summed E-state index contributed by atoms with van der Waals surface area (Å²) in [5.41, 5.74) is 2.34. The smallest absolute Gasteiger partial charge is 0.343 e. The molecule has 22 heavy (non-hydrogen) atoms. The lowest BCUT2D eigenvalue weighted by molar-refractivity contribution is -0.142. The number of methoxy groups -OCH3 is 1. The van der Waals surface area contributed by atoms with Crippen LogP contribution in [0.3, 0.4) is 0 Å². The predicted octanol–water partition coefficient (Wildman–Crippen LogP) is 3.30. The van der Waals surface area contributed by atoms with Crippen molar-refractivity contribution in [3.8, 4) is 11.8 Å². The standard InChI is InChI=1S/C18H15NO3/c1-21-18(20)13-22-17-9-7-14(8-10-17)11-16(12-19)15-5-3-2-4-6-15/h2-11H,13H2,1H3/b16-11-. The van der Waals surface area contributed by atoms with Gasteiger partial charge in [-0.25, -0.2) is 4.79 Å². The van der Waals surface area contributed by atoms with E-state index in [2.05, 4.69) is 10.8 Å². The number of esters is 1. The molecule has 2 aromatic carbocycles. The maximum atomic E-state index is 11.0. The van der Waals surface area contributed by atoms with Gasteiger partial charge in [0.2, 0.25) is 0 Å². The molecule has 0 saturated heterocycles. The van der Waals surface area contributed by atoms with E-state index in [9.17, 15) is 10.1 Å². The molecule has 0 heterocycles. The molecule has 0 spiro atoms. The average molecular weight is 293 g/mol. The van der Waals surface area contributed by atoms with Crippen molar-refractivity contribution in [1.82, 2.24) is 0 Å².